The van der Waals surface area contributed by atoms with E-state index in [1.54, 1.807) is 0 Å². The van der Waals surface area contributed by atoms with Crippen molar-refractivity contribution in [1.82, 2.24) is 13.7 Å². The second kappa shape index (κ2) is 13.6. The summed E-state index contributed by atoms with van der Waals surface area (Å²) in [5.74, 6) is 0. The predicted octanol–water partition coefficient (Wildman–Crippen LogP) is 13.3. The summed E-state index contributed by atoms with van der Waals surface area (Å²) in [4.78, 5) is 0. The molecular formula is C56H29N7. The Balaban J connectivity index is 1.41. The Labute approximate surface area is 360 Å². The van der Waals surface area contributed by atoms with Crippen LogP contribution in [-0.2, 0) is 0 Å². The summed E-state index contributed by atoms with van der Waals surface area (Å²) in [5, 5.41) is 51.8. The highest BCUT2D eigenvalue weighted by atomic mass is 15.1. The van der Waals surface area contributed by atoms with Crippen LogP contribution < -0.4 is 0 Å². The molecule has 0 spiro atoms. The standard InChI is InChI=1S/C56H29N7/c57-30-34-21-25-51-43(27-34)41-15-5-9-19-49(41)62(51)55-45(32-59)54(61-47-17-7-3-13-39(47)40-14-4-8-18-48(40)61)46(33-60)56(53(55)38-24-23-36-11-1-2-12-37(36)29-38)63-50-20-10-6-16-42(50)44-28-35(31-58)22-26-52(44)63/h1-29H. The van der Waals surface area contributed by atoms with Crippen molar-refractivity contribution in [1.29, 1.82) is 21.0 Å². The predicted molar refractivity (Wildman–Crippen MR) is 251 cm³/mol. The van der Waals surface area contributed by atoms with Gasteiger partial charge in [-0.25, -0.2) is 0 Å². The van der Waals surface area contributed by atoms with E-state index in [2.05, 4.69) is 105 Å². The van der Waals surface area contributed by atoms with Crippen LogP contribution in [0.15, 0.2) is 176 Å². The van der Waals surface area contributed by atoms with E-state index in [0.29, 0.717) is 44.9 Å². The molecule has 0 atom stereocenters. The first kappa shape index (κ1) is 35.5. The highest BCUT2D eigenvalue weighted by molar-refractivity contribution is 6.15. The Hall–Kier alpha value is -9.40. The van der Waals surface area contributed by atoms with Gasteiger partial charge in [-0.15, -0.1) is 0 Å². The molecule has 12 rings (SSSR count). The lowest BCUT2D eigenvalue weighted by Gasteiger charge is -2.26. The molecule has 0 saturated carbocycles. The quantitative estimate of drug-likeness (QED) is 0.176. The van der Waals surface area contributed by atoms with Gasteiger partial charge in [0.15, 0.2) is 0 Å². The molecule has 0 saturated heterocycles. The van der Waals surface area contributed by atoms with Crippen molar-refractivity contribution < 1.29 is 0 Å². The average Bonchev–Trinajstić information content (AvgIpc) is 3.97. The summed E-state index contributed by atoms with van der Waals surface area (Å²) in [6.45, 7) is 0. The van der Waals surface area contributed by atoms with Gasteiger partial charge in [0.1, 0.15) is 23.3 Å². The molecule has 0 aliphatic heterocycles. The molecule has 7 nitrogen and oxygen atoms in total. The largest absolute Gasteiger partial charge is 0.307 e. The molecular weight excluding hydrogens is 771 g/mol. The number of benzene rings is 9. The zero-order valence-electron chi connectivity index (χ0n) is 33.4. The number of hydrogen-bond acceptors (Lipinski definition) is 4. The SMILES string of the molecule is N#Cc1ccc2c(c1)c1ccccc1n2-c1c(C#N)c(-n2c3ccccc3c3ccccc32)c(C#N)c(-n2c3ccccc3c3cc(C#N)ccc32)c1-c1ccc2ccccc2c1. The van der Waals surface area contributed by atoms with Crippen LogP contribution >= 0.6 is 0 Å². The van der Waals surface area contributed by atoms with E-state index >= 15 is 0 Å². The van der Waals surface area contributed by atoms with Crippen molar-refractivity contribution >= 4 is 76.2 Å². The average molecular weight is 800 g/mol. The third kappa shape index (κ3) is 4.97. The summed E-state index contributed by atoms with van der Waals surface area (Å²) in [6.07, 6.45) is 0. The van der Waals surface area contributed by atoms with Gasteiger partial charge in [0.2, 0.25) is 0 Å². The first-order valence-corrected chi connectivity index (χ1v) is 20.5. The van der Waals surface area contributed by atoms with Crippen LogP contribution in [0.25, 0.3) is 104 Å². The highest BCUT2D eigenvalue weighted by Crippen LogP contribution is 2.49. The van der Waals surface area contributed by atoms with Gasteiger partial charge in [0.25, 0.3) is 0 Å². The van der Waals surface area contributed by atoms with Gasteiger partial charge in [-0.2, -0.15) is 21.0 Å². The van der Waals surface area contributed by atoms with Crippen molar-refractivity contribution in [2.24, 2.45) is 0 Å². The first-order valence-electron chi connectivity index (χ1n) is 20.5. The molecule has 0 aliphatic carbocycles. The zero-order valence-corrected chi connectivity index (χ0v) is 33.4. The van der Waals surface area contributed by atoms with Crippen molar-refractivity contribution in [2.45, 2.75) is 0 Å². The minimum Gasteiger partial charge on any atom is -0.307 e. The van der Waals surface area contributed by atoms with E-state index in [1.165, 1.54) is 0 Å². The Morgan fingerprint density at radius 2 is 0.683 bits per heavy atom. The molecule has 3 heterocycles. The van der Waals surface area contributed by atoms with Crippen LogP contribution in [0.5, 0.6) is 0 Å². The normalized spacial score (nSPS) is 11.4. The number of nitriles is 4. The van der Waals surface area contributed by atoms with Crippen molar-refractivity contribution in [3.05, 3.63) is 198 Å². The van der Waals surface area contributed by atoms with E-state index in [0.717, 1.165) is 81.8 Å². The van der Waals surface area contributed by atoms with E-state index in [4.69, 9.17) is 0 Å². The number of rotatable bonds is 4. The number of para-hydroxylation sites is 4. The van der Waals surface area contributed by atoms with Gasteiger partial charge in [0, 0.05) is 37.9 Å². The van der Waals surface area contributed by atoms with Crippen LogP contribution in [0.3, 0.4) is 0 Å². The summed E-state index contributed by atoms with van der Waals surface area (Å²) >= 11 is 0. The summed E-state index contributed by atoms with van der Waals surface area (Å²) in [7, 11) is 0. The highest BCUT2D eigenvalue weighted by Gasteiger charge is 2.33. The molecule has 9 aromatic carbocycles. The van der Waals surface area contributed by atoms with Gasteiger partial charge in [-0.3, -0.25) is 0 Å². The lowest BCUT2D eigenvalue weighted by molar-refractivity contribution is 1.08. The molecule has 3 aromatic heterocycles. The van der Waals surface area contributed by atoms with Crippen molar-refractivity contribution in [3.8, 4) is 52.5 Å². The Morgan fingerprint density at radius 1 is 0.302 bits per heavy atom. The number of aromatic nitrogens is 3. The molecule has 288 valence electrons. The summed E-state index contributed by atoms with van der Waals surface area (Å²) < 4.78 is 6.39. The minimum atomic E-state index is 0.310. The molecule has 7 heteroatoms. The van der Waals surface area contributed by atoms with Gasteiger partial charge in [0.05, 0.1) is 73.4 Å². The van der Waals surface area contributed by atoms with Crippen molar-refractivity contribution in [2.75, 3.05) is 0 Å². The monoisotopic (exact) mass is 799 g/mol. The lowest BCUT2D eigenvalue weighted by Crippen LogP contribution is -2.14. The molecule has 0 fully saturated rings. The molecule has 0 unspecified atom stereocenters. The molecule has 12 aromatic rings. The molecule has 0 N–H and O–H groups in total. The molecule has 63 heavy (non-hydrogen) atoms. The topological polar surface area (TPSA) is 110 Å². The van der Waals surface area contributed by atoms with Gasteiger partial charge in [-0.05, 0) is 83.1 Å². The summed E-state index contributed by atoms with van der Waals surface area (Å²) in [5.41, 5.74) is 9.77. The fourth-order valence-corrected chi connectivity index (χ4v) is 9.94. The Kier molecular flexibility index (Phi) is 7.65. The maximum atomic E-state index is 12.0. The fourth-order valence-electron chi connectivity index (χ4n) is 9.94. The molecule has 0 aliphatic rings. The van der Waals surface area contributed by atoms with Gasteiger partial charge < -0.3 is 13.7 Å². The summed E-state index contributed by atoms with van der Waals surface area (Å²) in [6, 6.07) is 68.4. The third-order valence-electron chi connectivity index (χ3n) is 12.5. The number of fused-ring (bicyclic) bond motifs is 10. The third-order valence-corrected chi connectivity index (χ3v) is 12.5. The maximum absolute atomic E-state index is 12.0. The smallest absolute Gasteiger partial charge is 0.104 e. The number of hydrogen-bond donors (Lipinski definition) is 0. The minimum absolute atomic E-state index is 0.310. The Morgan fingerprint density at radius 3 is 1.13 bits per heavy atom. The number of nitrogens with zero attached hydrogens (tertiary/aromatic N) is 7. The molecule has 0 amide bonds. The molecule has 0 bridgehead atoms. The second-order valence-electron chi connectivity index (χ2n) is 15.7. The maximum Gasteiger partial charge on any atom is 0.104 e. The zero-order chi connectivity index (χ0) is 42.3. The van der Waals surface area contributed by atoms with Crippen LogP contribution in [0.4, 0.5) is 0 Å². The molecule has 0 radical (unpaired) electrons. The van der Waals surface area contributed by atoms with Crippen LogP contribution in [0, 0.1) is 45.3 Å². The van der Waals surface area contributed by atoms with E-state index in [-0.39, 0.29) is 0 Å². The van der Waals surface area contributed by atoms with E-state index in [9.17, 15) is 21.0 Å². The van der Waals surface area contributed by atoms with E-state index in [1.807, 2.05) is 109 Å². The first-order chi connectivity index (χ1) is 31.1. The fraction of sp³-hybridized carbons (Fsp3) is 0. The van der Waals surface area contributed by atoms with Crippen molar-refractivity contribution in [3.63, 3.8) is 0 Å². The van der Waals surface area contributed by atoms with E-state index < -0.39 is 0 Å². The van der Waals surface area contributed by atoms with Crippen LogP contribution in [0.2, 0.25) is 0 Å². The van der Waals surface area contributed by atoms with Gasteiger partial charge in [-0.1, -0.05) is 109 Å². The van der Waals surface area contributed by atoms with Gasteiger partial charge >= 0.3 is 0 Å². The Bertz CT molecular complexity index is 3920. The second-order valence-corrected chi connectivity index (χ2v) is 15.7. The van der Waals surface area contributed by atoms with Crippen LogP contribution in [0.1, 0.15) is 22.3 Å². The lowest BCUT2D eigenvalue weighted by atomic mass is 9.90. The van der Waals surface area contributed by atoms with Crippen LogP contribution in [-0.4, -0.2) is 13.7 Å².